The van der Waals surface area contributed by atoms with Gasteiger partial charge < -0.3 is 14.8 Å². The first kappa shape index (κ1) is 12.7. The molecule has 0 bridgehead atoms. The molecule has 0 fully saturated rings. The molecule has 0 saturated carbocycles. The molecule has 0 aromatic heterocycles. The first-order valence-corrected chi connectivity index (χ1v) is 4.93. The number of hydrogen-bond acceptors (Lipinski definition) is 3. The zero-order valence-corrected chi connectivity index (χ0v) is 9.11. The molecule has 0 aliphatic carbocycles. The molecule has 5 heteroatoms. The Kier molecular flexibility index (Phi) is 4.52. The highest BCUT2D eigenvalue weighted by Crippen LogP contribution is 2.10. The summed E-state index contributed by atoms with van der Waals surface area (Å²) in [7, 11) is -1.74. The topological polar surface area (TPSA) is 49.7 Å². The third kappa shape index (κ3) is 3.68. The van der Waals surface area contributed by atoms with Gasteiger partial charge in [0.2, 0.25) is 0 Å². The molecule has 0 unspecified atom stereocenters. The SMILES string of the molecule is C=C(C)CCOc1ccc(F)cc1B(O)O. The lowest BCUT2D eigenvalue weighted by molar-refractivity contribution is 0.321. The zero-order chi connectivity index (χ0) is 12.1. The Hall–Kier alpha value is -1.33. The second-order valence-electron chi connectivity index (χ2n) is 3.61. The summed E-state index contributed by atoms with van der Waals surface area (Å²) in [5.41, 5.74) is 0.995. The summed E-state index contributed by atoms with van der Waals surface area (Å²) in [5.74, 6) is -0.256. The van der Waals surface area contributed by atoms with E-state index in [0.717, 1.165) is 11.6 Å². The predicted octanol–water partition coefficient (Wildman–Crippen LogP) is 0.850. The van der Waals surface area contributed by atoms with Gasteiger partial charge >= 0.3 is 7.12 Å². The number of halogens is 1. The summed E-state index contributed by atoms with van der Waals surface area (Å²) in [4.78, 5) is 0. The Balaban J connectivity index is 2.74. The van der Waals surface area contributed by atoms with E-state index in [1.54, 1.807) is 0 Å². The van der Waals surface area contributed by atoms with E-state index in [1.165, 1.54) is 12.1 Å². The molecule has 0 aliphatic heterocycles. The molecule has 1 aromatic rings. The van der Waals surface area contributed by atoms with Gasteiger partial charge in [0.25, 0.3) is 0 Å². The van der Waals surface area contributed by atoms with Gasteiger partial charge in [-0.25, -0.2) is 4.39 Å². The van der Waals surface area contributed by atoms with Gasteiger partial charge in [-0.2, -0.15) is 0 Å². The van der Waals surface area contributed by atoms with E-state index < -0.39 is 12.9 Å². The molecule has 0 spiro atoms. The maximum absolute atomic E-state index is 12.9. The molecule has 0 amide bonds. The molecule has 0 radical (unpaired) electrons. The van der Waals surface area contributed by atoms with Crippen LogP contribution in [0.15, 0.2) is 30.4 Å². The van der Waals surface area contributed by atoms with Crippen LogP contribution in [0.2, 0.25) is 0 Å². The third-order valence-electron chi connectivity index (χ3n) is 2.04. The van der Waals surface area contributed by atoms with Crippen molar-refractivity contribution in [2.24, 2.45) is 0 Å². The molecule has 0 atom stereocenters. The number of hydrogen-bond donors (Lipinski definition) is 2. The van der Waals surface area contributed by atoms with Crippen LogP contribution in [0.5, 0.6) is 5.75 Å². The second-order valence-corrected chi connectivity index (χ2v) is 3.61. The lowest BCUT2D eigenvalue weighted by atomic mass is 9.79. The normalized spacial score (nSPS) is 10.0. The van der Waals surface area contributed by atoms with Crippen LogP contribution in [0.3, 0.4) is 0 Å². The molecule has 1 rings (SSSR count). The van der Waals surface area contributed by atoms with Crippen molar-refractivity contribution in [2.75, 3.05) is 6.61 Å². The van der Waals surface area contributed by atoms with Gasteiger partial charge in [-0.15, -0.1) is 6.58 Å². The van der Waals surface area contributed by atoms with E-state index in [2.05, 4.69) is 6.58 Å². The van der Waals surface area contributed by atoms with E-state index in [-0.39, 0.29) is 11.2 Å². The fraction of sp³-hybridized carbons (Fsp3) is 0.273. The van der Waals surface area contributed by atoms with Crippen molar-refractivity contribution in [3.8, 4) is 5.75 Å². The van der Waals surface area contributed by atoms with Crippen LogP contribution in [-0.2, 0) is 0 Å². The molecular weight excluding hydrogens is 210 g/mol. The fourth-order valence-corrected chi connectivity index (χ4v) is 1.19. The summed E-state index contributed by atoms with van der Waals surface area (Å²) in [6, 6.07) is 3.63. The molecule has 0 heterocycles. The molecule has 1 aromatic carbocycles. The monoisotopic (exact) mass is 224 g/mol. The molecule has 0 aliphatic rings. The molecule has 86 valence electrons. The first-order chi connectivity index (χ1) is 7.50. The minimum absolute atomic E-state index is 0.0294. The fourth-order valence-electron chi connectivity index (χ4n) is 1.19. The van der Waals surface area contributed by atoms with Gasteiger partial charge in [-0.3, -0.25) is 0 Å². The lowest BCUT2D eigenvalue weighted by Gasteiger charge is -2.11. The molecule has 2 N–H and O–H groups in total. The average Bonchev–Trinajstić information content (AvgIpc) is 2.19. The smallest absolute Gasteiger partial charge is 0.492 e. The largest absolute Gasteiger partial charge is 0.494 e. The Morgan fingerprint density at radius 2 is 2.19 bits per heavy atom. The quantitative estimate of drug-likeness (QED) is 0.575. The van der Waals surface area contributed by atoms with Gasteiger partial charge in [-0.05, 0) is 25.1 Å². The number of benzene rings is 1. The molecule has 0 saturated heterocycles. The van der Waals surface area contributed by atoms with Gasteiger partial charge in [0, 0.05) is 11.9 Å². The highest BCUT2D eigenvalue weighted by Gasteiger charge is 2.17. The Labute approximate surface area is 94.3 Å². The van der Waals surface area contributed by atoms with E-state index in [0.29, 0.717) is 13.0 Å². The molecular formula is C11H14BFO3. The number of ether oxygens (including phenoxy) is 1. The van der Waals surface area contributed by atoms with Crippen LogP contribution in [0.25, 0.3) is 0 Å². The minimum atomic E-state index is -1.74. The van der Waals surface area contributed by atoms with Crippen LogP contribution in [0.1, 0.15) is 13.3 Å². The zero-order valence-electron chi connectivity index (χ0n) is 9.11. The van der Waals surface area contributed by atoms with E-state index in [4.69, 9.17) is 14.8 Å². The van der Waals surface area contributed by atoms with Crippen LogP contribution < -0.4 is 10.2 Å². The van der Waals surface area contributed by atoms with Gasteiger partial charge in [0.1, 0.15) is 11.6 Å². The van der Waals surface area contributed by atoms with Crippen molar-refractivity contribution in [1.82, 2.24) is 0 Å². The highest BCUT2D eigenvalue weighted by atomic mass is 19.1. The van der Waals surface area contributed by atoms with E-state index >= 15 is 0 Å². The Morgan fingerprint density at radius 1 is 1.50 bits per heavy atom. The van der Waals surface area contributed by atoms with Gasteiger partial charge in [0.05, 0.1) is 6.61 Å². The van der Waals surface area contributed by atoms with Crippen molar-refractivity contribution in [3.63, 3.8) is 0 Å². The highest BCUT2D eigenvalue weighted by molar-refractivity contribution is 6.59. The maximum atomic E-state index is 12.9. The second kappa shape index (κ2) is 5.68. The van der Waals surface area contributed by atoms with Crippen molar-refractivity contribution in [3.05, 3.63) is 36.2 Å². The van der Waals surface area contributed by atoms with Crippen LogP contribution in [-0.4, -0.2) is 23.8 Å². The van der Waals surface area contributed by atoms with Gasteiger partial charge in [-0.1, -0.05) is 5.57 Å². The molecule has 3 nitrogen and oxygen atoms in total. The molecule has 16 heavy (non-hydrogen) atoms. The minimum Gasteiger partial charge on any atom is -0.494 e. The first-order valence-electron chi connectivity index (χ1n) is 4.93. The standard InChI is InChI=1S/C11H14BFO3/c1-8(2)5-6-16-11-4-3-9(13)7-10(11)12(14)15/h3-4,7,14-15H,1,5-6H2,2H3. The summed E-state index contributed by atoms with van der Waals surface area (Å²) in [6.07, 6.45) is 0.665. The third-order valence-corrected chi connectivity index (χ3v) is 2.04. The summed E-state index contributed by atoms with van der Waals surface area (Å²) in [6.45, 7) is 5.97. The van der Waals surface area contributed by atoms with Crippen LogP contribution in [0, 0.1) is 5.82 Å². The van der Waals surface area contributed by atoms with Crippen molar-refractivity contribution < 1.29 is 19.2 Å². The summed E-state index contributed by atoms with van der Waals surface area (Å²) >= 11 is 0. The maximum Gasteiger partial charge on any atom is 0.492 e. The van der Waals surface area contributed by atoms with Crippen molar-refractivity contribution >= 4 is 12.6 Å². The van der Waals surface area contributed by atoms with Crippen molar-refractivity contribution in [1.29, 1.82) is 0 Å². The predicted molar refractivity (Wildman–Crippen MR) is 61.2 cm³/mol. The summed E-state index contributed by atoms with van der Waals surface area (Å²) in [5, 5.41) is 18.1. The van der Waals surface area contributed by atoms with E-state index in [9.17, 15) is 4.39 Å². The Bertz CT molecular complexity index is 379. The van der Waals surface area contributed by atoms with Crippen LogP contribution >= 0.6 is 0 Å². The summed E-state index contributed by atoms with van der Waals surface area (Å²) < 4.78 is 18.2. The Morgan fingerprint density at radius 3 is 2.75 bits per heavy atom. The van der Waals surface area contributed by atoms with Crippen LogP contribution in [0.4, 0.5) is 4.39 Å². The van der Waals surface area contributed by atoms with Gasteiger partial charge in [0.15, 0.2) is 0 Å². The lowest BCUT2D eigenvalue weighted by Crippen LogP contribution is -2.32. The van der Waals surface area contributed by atoms with E-state index in [1.807, 2.05) is 6.92 Å². The van der Waals surface area contributed by atoms with Crippen molar-refractivity contribution in [2.45, 2.75) is 13.3 Å². The average molecular weight is 224 g/mol. The number of rotatable bonds is 5.